The molecule has 4 rings (SSSR count). The molecular weight excluding hydrogens is 467 g/mol. The third-order valence-electron chi connectivity index (χ3n) is 4.21. The summed E-state index contributed by atoms with van der Waals surface area (Å²) in [6, 6.07) is 19.9. The molecule has 2 aromatic carbocycles. The highest BCUT2D eigenvalue weighted by Gasteiger charge is 2.15. The Kier molecular flexibility index (Phi) is 7.11. The number of amides is 1. The van der Waals surface area contributed by atoms with Gasteiger partial charge < -0.3 is 10.1 Å². The lowest BCUT2D eigenvalue weighted by atomic mass is 10.2. The van der Waals surface area contributed by atoms with Gasteiger partial charge in [0.1, 0.15) is 12.4 Å². The molecule has 160 valence electrons. The van der Waals surface area contributed by atoms with Crippen molar-refractivity contribution in [2.24, 2.45) is 0 Å². The van der Waals surface area contributed by atoms with Crippen LogP contribution in [0.5, 0.6) is 5.75 Å². The summed E-state index contributed by atoms with van der Waals surface area (Å²) < 4.78 is 5.73. The van der Waals surface area contributed by atoms with E-state index >= 15 is 0 Å². The molecule has 0 spiro atoms. The summed E-state index contributed by atoms with van der Waals surface area (Å²) in [5.41, 5.74) is 2.33. The lowest BCUT2D eigenvalue weighted by Crippen LogP contribution is -2.11. The average Bonchev–Trinajstić information content (AvgIpc) is 3.32. The molecule has 1 N–H and O–H groups in total. The van der Waals surface area contributed by atoms with Crippen molar-refractivity contribution in [2.45, 2.75) is 6.61 Å². The molecule has 32 heavy (non-hydrogen) atoms. The molecule has 0 atom stereocenters. The summed E-state index contributed by atoms with van der Waals surface area (Å²) in [6.07, 6.45) is 3.49. The van der Waals surface area contributed by atoms with Gasteiger partial charge in [-0.3, -0.25) is 9.78 Å². The maximum absolute atomic E-state index is 12.4. The minimum atomic E-state index is -0.366. The van der Waals surface area contributed by atoms with E-state index in [1.54, 1.807) is 36.5 Å². The van der Waals surface area contributed by atoms with Crippen molar-refractivity contribution in [3.8, 4) is 5.75 Å². The number of aromatic nitrogens is 3. The number of nitrogens with one attached hydrogen (secondary N) is 1. The Labute approximate surface area is 198 Å². The normalized spacial score (nSPS) is 11.2. The number of hydrogen-bond acceptors (Lipinski definition) is 6. The minimum Gasteiger partial charge on any atom is -0.487 e. The first-order chi connectivity index (χ1) is 15.6. The van der Waals surface area contributed by atoms with Crippen molar-refractivity contribution in [1.82, 2.24) is 15.2 Å². The van der Waals surface area contributed by atoms with Crippen LogP contribution in [0.2, 0.25) is 5.02 Å². The van der Waals surface area contributed by atoms with Crippen LogP contribution in [-0.2, 0) is 6.61 Å². The molecule has 0 saturated heterocycles. The van der Waals surface area contributed by atoms with Crippen LogP contribution in [0.4, 0.5) is 5.69 Å². The van der Waals surface area contributed by atoms with Gasteiger partial charge in [0, 0.05) is 16.9 Å². The van der Waals surface area contributed by atoms with E-state index in [4.69, 9.17) is 27.9 Å². The zero-order valence-corrected chi connectivity index (χ0v) is 18.9. The fourth-order valence-corrected chi connectivity index (χ4v) is 3.69. The first kappa shape index (κ1) is 22.0. The second kappa shape index (κ2) is 10.4. The Hall–Kier alpha value is -3.26. The first-order valence-corrected chi connectivity index (χ1v) is 11.0. The number of anilines is 1. The second-order valence-corrected chi connectivity index (χ2v) is 8.37. The average molecular weight is 483 g/mol. The quantitative estimate of drug-likeness (QED) is 0.341. The third-order valence-corrected chi connectivity index (χ3v) is 5.82. The molecule has 1 amide bonds. The summed E-state index contributed by atoms with van der Waals surface area (Å²) in [7, 11) is 0. The van der Waals surface area contributed by atoms with Gasteiger partial charge in [-0.15, -0.1) is 10.2 Å². The molecule has 0 bridgehead atoms. The summed E-state index contributed by atoms with van der Waals surface area (Å²) >= 11 is 13.4. The predicted molar refractivity (Wildman–Crippen MR) is 128 cm³/mol. The van der Waals surface area contributed by atoms with Crippen molar-refractivity contribution < 1.29 is 9.53 Å². The number of halogens is 2. The smallest absolute Gasteiger partial charge is 0.286 e. The van der Waals surface area contributed by atoms with Gasteiger partial charge in [0.2, 0.25) is 5.01 Å². The molecule has 0 unspecified atom stereocenters. The molecule has 6 nitrogen and oxygen atoms in total. The maximum atomic E-state index is 12.4. The SMILES string of the molecule is O=C(Nc1ccc(Cl)cc1)c1nnc(/C(Cl)=C/c2ccc(OCc3ccccn3)cc2)s1. The van der Waals surface area contributed by atoms with E-state index in [2.05, 4.69) is 20.5 Å². The number of pyridine rings is 1. The van der Waals surface area contributed by atoms with E-state index in [-0.39, 0.29) is 10.9 Å². The molecule has 9 heteroatoms. The van der Waals surface area contributed by atoms with Gasteiger partial charge in [-0.1, -0.05) is 52.7 Å². The fourth-order valence-electron chi connectivity index (χ4n) is 2.64. The van der Waals surface area contributed by atoms with Gasteiger partial charge in [0.05, 0.1) is 10.7 Å². The molecule has 0 radical (unpaired) electrons. The number of nitrogens with zero attached hydrogens (tertiary/aromatic N) is 3. The minimum absolute atomic E-state index is 0.208. The molecule has 2 heterocycles. The number of hydrogen-bond donors (Lipinski definition) is 1. The van der Waals surface area contributed by atoms with Gasteiger partial charge in [-0.05, 0) is 60.2 Å². The Morgan fingerprint density at radius 1 is 1.00 bits per heavy atom. The van der Waals surface area contributed by atoms with Crippen LogP contribution in [0.25, 0.3) is 11.1 Å². The molecule has 0 saturated carbocycles. The van der Waals surface area contributed by atoms with Gasteiger partial charge in [0.15, 0.2) is 5.01 Å². The topological polar surface area (TPSA) is 77.0 Å². The van der Waals surface area contributed by atoms with Crippen molar-refractivity contribution in [2.75, 3.05) is 5.32 Å². The molecule has 0 fully saturated rings. The molecular formula is C23H16Cl2N4O2S. The first-order valence-electron chi connectivity index (χ1n) is 9.47. The van der Waals surface area contributed by atoms with E-state index in [1.165, 1.54) is 0 Å². The van der Waals surface area contributed by atoms with E-state index < -0.39 is 0 Å². The molecule has 4 aromatic rings. The summed E-state index contributed by atoms with van der Waals surface area (Å²) in [5.74, 6) is 0.357. The van der Waals surface area contributed by atoms with E-state index in [9.17, 15) is 4.79 Å². The van der Waals surface area contributed by atoms with Crippen LogP contribution in [0.1, 0.15) is 26.1 Å². The Bertz CT molecular complexity index is 1230. The van der Waals surface area contributed by atoms with Crippen molar-refractivity contribution >= 4 is 57.2 Å². The van der Waals surface area contributed by atoms with E-state index in [0.717, 1.165) is 28.3 Å². The highest BCUT2D eigenvalue weighted by atomic mass is 35.5. The van der Waals surface area contributed by atoms with Crippen molar-refractivity contribution in [3.05, 3.63) is 99.2 Å². The predicted octanol–water partition coefficient (Wildman–Crippen LogP) is 6.15. The zero-order valence-electron chi connectivity index (χ0n) is 16.5. The number of carbonyl (C=O) groups is 1. The van der Waals surface area contributed by atoms with E-state index in [1.807, 2.05) is 42.5 Å². The van der Waals surface area contributed by atoms with Crippen LogP contribution in [0, 0.1) is 0 Å². The summed E-state index contributed by atoms with van der Waals surface area (Å²) in [4.78, 5) is 16.6. The Balaban J connectivity index is 1.38. The summed E-state index contributed by atoms with van der Waals surface area (Å²) in [5, 5.41) is 12.3. The number of ether oxygens (including phenoxy) is 1. The van der Waals surface area contributed by atoms with Gasteiger partial charge in [-0.25, -0.2) is 0 Å². The molecule has 0 aliphatic carbocycles. The summed E-state index contributed by atoms with van der Waals surface area (Å²) in [6.45, 7) is 0.391. The highest BCUT2D eigenvalue weighted by Crippen LogP contribution is 2.26. The third kappa shape index (κ3) is 5.91. The van der Waals surface area contributed by atoms with E-state index in [0.29, 0.717) is 27.4 Å². The van der Waals surface area contributed by atoms with Crippen molar-refractivity contribution in [3.63, 3.8) is 0 Å². The molecule has 0 aliphatic heterocycles. The van der Waals surface area contributed by atoms with Gasteiger partial charge >= 0.3 is 0 Å². The standard InChI is InChI=1S/C23H16Cl2N4O2S/c24-16-6-8-17(9-7-16)27-21(30)23-29-28-22(32-23)20(25)13-15-4-10-19(11-5-15)31-14-18-3-1-2-12-26-18/h1-13H,14H2,(H,27,30)/b20-13-. The number of benzene rings is 2. The monoisotopic (exact) mass is 482 g/mol. The van der Waals surface area contributed by atoms with Crippen LogP contribution in [0.15, 0.2) is 72.9 Å². The van der Waals surface area contributed by atoms with Gasteiger partial charge in [0.25, 0.3) is 5.91 Å². The fraction of sp³-hybridized carbons (Fsp3) is 0.0435. The lowest BCUT2D eigenvalue weighted by Gasteiger charge is -2.05. The van der Waals surface area contributed by atoms with Crippen molar-refractivity contribution in [1.29, 1.82) is 0 Å². The Morgan fingerprint density at radius 3 is 2.47 bits per heavy atom. The van der Waals surface area contributed by atoms with Gasteiger partial charge in [-0.2, -0.15) is 0 Å². The van der Waals surface area contributed by atoms with Crippen LogP contribution >= 0.6 is 34.5 Å². The van der Waals surface area contributed by atoms with Crippen LogP contribution in [-0.4, -0.2) is 21.1 Å². The Morgan fingerprint density at radius 2 is 1.75 bits per heavy atom. The number of rotatable bonds is 7. The lowest BCUT2D eigenvalue weighted by molar-refractivity contribution is 0.102. The largest absolute Gasteiger partial charge is 0.487 e. The number of carbonyl (C=O) groups excluding carboxylic acids is 1. The zero-order chi connectivity index (χ0) is 22.3. The maximum Gasteiger partial charge on any atom is 0.286 e. The highest BCUT2D eigenvalue weighted by molar-refractivity contribution is 7.15. The van der Waals surface area contributed by atoms with Crippen LogP contribution in [0.3, 0.4) is 0 Å². The molecule has 2 aromatic heterocycles. The molecule has 0 aliphatic rings. The second-order valence-electron chi connectivity index (χ2n) is 6.54. The van der Waals surface area contributed by atoms with Crippen LogP contribution < -0.4 is 10.1 Å².